The molecule has 1 heterocycles. The first kappa shape index (κ1) is 8.50. The lowest BCUT2D eigenvalue weighted by Gasteiger charge is -2.13. The molecule has 4 heteroatoms. The molecule has 0 radical (unpaired) electrons. The van der Waals surface area contributed by atoms with Gasteiger partial charge in [0.2, 0.25) is 0 Å². The molecule has 0 amide bonds. The minimum atomic E-state index is 0. The van der Waals surface area contributed by atoms with Gasteiger partial charge >= 0.3 is 0 Å². The summed E-state index contributed by atoms with van der Waals surface area (Å²) in [5.41, 5.74) is 0.161. The van der Waals surface area contributed by atoms with Gasteiger partial charge in [-0.1, -0.05) is 11.6 Å². The van der Waals surface area contributed by atoms with Crippen molar-refractivity contribution in [2.45, 2.75) is 5.50 Å². The molecule has 50 valence electrons. The van der Waals surface area contributed by atoms with E-state index < -0.39 is 0 Å². The second kappa shape index (κ2) is 4.39. The number of hydrogen-bond donors (Lipinski definition) is 1. The number of rotatable bonds is 0. The van der Waals surface area contributed by atoms with Crippen LogP contribution in [0.5, 0.6) is 0 Å². The maximum atomic E-state index is 5.64. The van der Waals surface area contributed by atoms with Crippen molar-refractivity contribution in [1.29, 1.82) is 0 Å². The van der Waals surface area contributed by atoms with Crippen LogP contribution < -0.4 is 17.7 Å². The van der Waals surface area contributed by atoms with Gasteiger partial charge in [-0.25, -0.2) is 0 Å². The predicted molar refractivity (Wildman–Crippen MR) is 27.3 cm³/mol. The Balaban J connectivity index is 0.000000490. The Morgan fingerprint density at radius 1 is 1.62 bits per heavy atom. The monoisotopic (exact) mass is 157 g/mol. The van der Waals surface area contributed by atoms with E-state index in [9.17, 15) is 0 Å². The fourth-order valence-corrected chi connectivity index (χ4v) is 0.811. The van der Waals surface area contributed by atoms with Crippen LogP contribution in [0.2, 0.25) is 0 Å². The Hall–Kier alpha value is 0.500. The zero-order chi connectivity index (χ0) is 5.11. The fourth-order valence-electron chi connectivity index (χ4n) is 0.596. The van der Waals surface area contributed by atoms with Crippen LogP contribution in [0.25, 0.3) is 0 Å². The van der Waals surface area contributed by atoms with Crippen LogP contribution in [0.3, 0.4) is 0 Å². The summed E-state index contributed by atoms with van der Waals surface area (Å²) in [6.45, 7) is 2.55. The second-order valence-corrected chi connectivity index (χ2v) is 2.18. The quantitative estimate of drug-likeness (QED) is 0.283. The SMILES string of the molecule is ClC1COCC[NH2+]1.[Cl-]. The Morgan fingerprint density at radius 2 is 2.38 bits per heavy atom. The van der Waals surface area contributed by atoms with Gasteiger partial charge in [0, 0.05) is 0 Å². The molecule has 0 aromatic heterocycles. The van der Waals surface area contributed by atoms with Crippen LogP contribution in [0.15, 0.2) is 0 Å². The number of hydrogen-bond acceptors (Lipinski definition) is 1. The Kier molecular flexibility index (Phi) is 4.66. The van der Waals surface area contributed by atoms with E-state index >= 15 is 0 Å². The first-order valence-electron chi connectivity index (χ1n) is 2.45. The molecule has 0 saturated carbocycles. The third-order valence-corrected chi connectivity index (χ3v) is 1.27. The number of quaternary nitrogens is 1. The van der Waals surface area contributed by atoms with Crippen LogP contribution in [0, 0.1) is 0 Å². The molecule has 0 bridgehead atoms. The number of morpholine rings is 1. The minimum absolute atomic E-state index is 0. The van der Waals surface area contributed by atoms with E-state index in [0.29, 0.717) is 6.61 Å². The average molecular weight is 158 g/mol. The second-order valence-electron chi connectivity index (χ2n) is 1.62. The summed E-state index contributed by atoms with van der Waals surface area (Å²) in [6, 6.07) is 0. The molecule has 1 saturated heterocycles. The molecule has 0 spiro atoms. The first-order valence-corrected chi connectivity index (χ1v) is 2.88. The van der Waals surface area contributed by atoms with Crippen molar-refractivity contribution in [2.75, 3.05) is 19.8 Å². The third kappa shape index (κ3) is 2.72. The molecule has 1 rings (SSSR count). The molecule has 1 aliphatic rings. The number of alkyl halides is 1. The smallest absolute Gasteiger partial charge is 0.185 e. The lowest BCUT2D eigenvalue weighted by atomic mass is 10.5. The standard InChI is InChI=1S/C4H8ClNO.ClH/c5-4-3-7-2-1-6-4;/h4,6H,1-3H2;1H. The van der Waals surface area contributed by atoms with Crippen LogP contribution in [-0.2, 0) is 4.74 Å². The molecule has 0 aliphatic carbocycles. The maximum Gasteiger partial charge on any atom is 0.185 e. The Morgan fingerprint density at radius 3 is 2.62 bits per heavy atom. The van der Waals surface area contributed by atoms with E-state index in [0.717, 1.165) is 13.2 Å². The Bertz CT molecular complexity index is 56.0. The van der Waals surface area contributed by atoms with Gasteiger partial charge < -0.3 is 22.5 Å². The zero-order valence-corrected chi connectivity index (χ0v) is 5.95. The molecule has 0 aromatic carbocycles. The molecule has 2 N–H and O–H groups in total. The summed E-state index contributed by atoms with van der Waals surface area (Å²) in [4.78, 5) is 0. The Labute approximate surface area is 59.9 Å². The van der Waals surface area contributed by atoms with E-state index in [1.807, 2.05) is 0 Å². The molecule has 2 nitrogen and oxygen atoms in total. The van der Waals surface area contributed by atoms with Gasteiger partial charge in [-0.2, -0.15) is 0 Å². The first-order chi connectivity index (χ1) is 3.39. The van der Waals surface area contributed by atoms with Crippen molar-refractivity contribution in [1.82, 2.24) is 0 Å². The number of halogens is 2. The third-order valence-electron chi connectivity index (χ3n) is 0.962. The molecule has 0 aromatic rings. The van der Waals surface area contributed by atoms with Crippen molar-refractivity contribution in [2.24, 2.45) is 0 Å². The summed E-state index contributed by atoms with van der Waals surface area (Å²) in [6.07, 6.45) is 0. The van der Waals surface area contributed by atoms with Gasteiger partial charge in [0.1, 0.15) is 13.2 Å². The van der Waals surface area contributed by atoms with Gasteiger partial charge in [-0.3, -0.25) is 0 Å². The fraction of sp³-hybridized carbons (Fsp3) is 1.00. The van der Waals surface area contributed by atoms with Crippen molar-refractivity contribution < 1.29 is 22.5 Å². The molecule has 1 fully saturated rings. The van der Waals surface area contributed by atoms with Crippen molar-refractivity contribution in [3.8, 4) is 0 Å². The number of ether oxygens (including phenoxy) is 1. The van der Waals surface area contributed by atoms with Crippen molar-refractivity contribution in [3.05, 3.63) is 0 Å². The van der Waals surface area contributed by atoms with E-state index in [1.54, 1.807) is 0 Å². The van der Waals surface area contributed by atoms with E-state index in [2.05, 4.69) is 5.32 Å². The molecule has 8 heavy (non-hydrogen) atoms. The maximum absolute atomic E-state index is 5.64. The van der Waals surface area contributed by atoms with Crippen molar-refractivity contribution >= 4 is 11.6 Å². The normalized spacial score (nSPS) is 28.9. The highest BCUT2D eigenvalue weighted by Gasteiger charge is 2.11. The summed E-state index contributed by atoms with van der Waals surface area (Å²) in [7, 11) is 0. The summed E-state index contributed by atoms with van der Waals surface area (Å²) < 4.78 is 5.02. The zero-order valence-electron chi connectivity index (χ0n) is 4.44. The van der Waals surface area contributed by atoms with Gasteiger partial charge in [0.25, 0.3) is 0 Å². The van der Waals surface area contributed by atoms with Gasteiger partial charge in [-0.15, -0.1) is 0 Å². The number of nitrogens with two attached hydrogens (primary N) is 1. The van der Waals surface area contributed by atoms with Crippen LogP contribution >= 0.6 is 11.6 Å². The van der Waals surface area contributed by atoms with Gasteiger partial charge in [0.15, 0.2) is 5.50 Å². The molecule has 1 aliphatic heterocycles. The van der Waals surface area contributed by atoms with Crippen LogP contribution in [0.1, 0.15) is 0 Å². The summed E-state index contributed by atoms with van der Waals surface area (Å²) in [5.74, 6) is 0. The largest absolute Gasteiger partial charge is 1.00 e. The summed E-state index contributed by atoms with van der Waals surface area (Å²) in [5, 5.41) is 2.07. The van der Waals surface area contributed by atoms with E-state index in [-0.39, 0.29) is 17.9 Å². The minimum Gasteiger partial charge on any atom is -1.00 e. The highest BCUT2D eigenvalue weighted by Crippen LogP contribution is 1.87. The molecule has 1 atom stereocenters. The molecular weight excluding hydrogens is 149 g/mol. The highest BCUT2D eigenvalue weighted by molar-refractivity contribution is 6.19. The van der Waals surface area contributed by atoms with Gasteiger partial charge in [-0.05, 0) is 0 Å². The van der Waals surface area contributed by atoms with Crippen LogP contribution in [0.4, 0.5) is 0 Å². The topological polar surface area (TPSA) is 25.8 Å². The van der Waals surface area contributed by atoms with E-state index in [1.165, 1.54) is 0 Å². The summed E-state index contributed by atoms with van der Waals surface area (Å²) >= 11 is 5.64. The lowest BCUT2D eigenvalue weighted by Crippen LogP contribution is -3.00. The predicted octanol–water partition coefficient (Wildman–Crippen LogP) is -3.85. The van der Waals surface area contributed by atoms with Gasteiger partial charge in [0.05, 0.1) is 6.61 Å². The molecule has 1 unspecified atom stereocenters. The highest BCUT2D eigenvalue weighted by atomic mass is 35.5. The molecular formula is C4H9Cl2NO. The van der Waals surface area contributed by atoms with Crippen molar-refractivity contribution in [3.63, 3.8) is 0 Å². The van der Waals surface area contributed by atoms with E-state index in [4.69, 9.17) is 16.3 Å². The lowest BCUT2D eigenvalue weighted by molar-refractivity contribution is -0.685. The van der Waals surface area contributed by atoms with Crippen LogP contribution in [-0.4, -0.2) is 25.3 Å². The average Bonchev–Trinajstić information content (AvgIpc) is 1.69.